The molecule has 0 saturated carbocycles. The average molecular weight is 127 g/mol. The van der Waals surface area contributed by atoms with E-state index >= 15 is 0 Å². The number of hydrogen-bond acceptors (Lipinski definition) is 1. The number of nitrogens with two attached hydrogens (primary N) is 1. The van der Waals surface area contributed by atoms with Crippen LogP contribution in [-0.2, 0) is 0 Å². The van der Waals surface area contributed by atoms with Gasteiger partial charge in [-0.05, 0) is 25.8 Å². The minimum Gasteiger partial charge on any atom is -0.330 e. The van der Waals surface area contributed by atoms with Crippen molar-refractivity contribution in [3.05, 3.63) is 11.6 Å². The Balaban J connectivity index is 3.70. The van der Waals surface area contributed by atoms with Crippen molar-refractivity contribution in [2.45, 2.75) is 27.2 Å². The van der Waals surface area contributed by atoms with Crippen LogP contribution < -0.4 is 5.73 Å². The molecule has 1 heteroatoms. The highest BCUT2D eigenvalue weighted by Gasteiger charge is 1.98. The predicted octanol–water partition coefficient (Wildman–Crippen LogP) is 1.94. The van der Waals surface area contributed by atoms with Crippen LogP contribution in [0.25, 0.3) is 0 Å². The van der Waals surface area contributed by atoms with Crippen molar-refractivity contribution in [2.75, 3.05) is 6.54 Å². The fraction of sp³-hybridized carbons (Fsp3) is 0.750. The maximum Gasteiger partial charge on any atom is -0.00398 e. The Morgan fingerprint density at radius 1 is 1.56 bits per heavy atom. The Morgan fingerprint density at radius 2 is 2.11 bits per heavy atom. The van der Waals surface area contributed by atoms with Gasteiger partial charge in [0.1, 0.15) is 0 Å². The molecule has 2 N–H and O–H groups in total. The molecule has 0 heterocycles. The van der Waals surface area contributed by atoms with Crippen molar-refractivity contribution in [3.8, 4) is 0 Å². The zero-order chi connectivity index (χ0) is 7.28. The van der Waals surface area contributed by atoms with Gasteiger partial charge in [-0.15, -0.1) is 0 Å². The van der Waals surface area contributed by atoms with E-state index in [1.807, 2.05) is 0 Å². The summed E-state index contributed by atoms with van der Waals surface area (Å²) in [5.74, 6) is 0.665. The van der Waals surface area contributed by atoms with Gasteiger partial charge < -0.3 is 5.73 Å². The zero-order valence-electron chi connectivity index (χ0n) is 6.65. The molecule has 54 valence electrons. The van der Waals surface area contributed by atoms with Crippen LogP contribution in [0.15, 0.2) is 11.6 Å². The molecule has 0 aliphatic carbocycles. The summed E-state index contributed by atoms with van der Waals surface area (Å²) >= 11 is 0. The van der Waals surface area contributed by atoms with Crippen molar-refractivity contribution in [2.24, 2.45) is 11.7 Å². The van der Waals surface area contributed by atoms with E-state index in [0.717, 1.165) is 13.0 Å². The molecule has 0 saturated heterocycles. The maximum absolute atomic E-state index is 5.40. The quantitative estimate of drug-likeness (QED) is 0.576. The minimum absolute atomic E-state index is 0.665. The summed E-state index contributed by atoms with van der Waals surface area (Å²) in [5.41, 5.74) is 6.87. The molecule has 0 rings (SSSR count). The van der Waals surface area contributed by atoms with Gasteiger partial charge in [0, 0.05) is 0 Å². The second kappa shape index (κ2) is 4.57. The van der Waals surface area contributed by atoms with Crippen molar-refractivity contribution in [1.29, 1.82) is 0 Å². The lowest BCUT2D eigenvalue weighted by Gasteiger charge is -2.07. The molecule has 0 amide bonds. The Morgan fingerprint density at radius 3 is 2.22 bits per heavy atom. The van der Waals surface area contributed by atoms with Crippen molar-refractivity contribution in [1.82, 2.24) is 0 Å². The number of hydrogen-bond donors (Lipinski definition) is 1. The van der Waals surface area contributed by atoms with Gasteiger partial charge in [0.2, 0.25) is 0 Å². The second-order valence-corrected chi connectivity index (χ2v) is 2.56. The molecule has 0 radical (unpaired) electrons. The number of rotatable bonds is 3. The molecule has 0 aliphatic heterocycles. The van der Waals surface area contributed by atoms with Crippen molar-refractivity contribution in [3.63, 3.8) is 0 Å². The molecule has 0 unspecified atom stereocenters. The van der Waals surface area contributed by atoms with Crippen LogP contribution in [0.3, 0.4) is 0 Å². The third kappa shape index (κ3) is 3.31. The van der Waals surface area contributed by atoms with E-state index in [2.05, 4.69) is 26.8 Å². The van der Waals surface area contributed by atoms with Crippen LogP contribution in [0.2, 0.25) is 0 Å². The topological polar surface area (TPSA) is 26.0 Å². The molecule has 0 fully saturated rings. The largest absolute Gasteiger partial charge is 0.330 e. The van der Waals surface area contributed by atoms with E-state index < -0.39 is 0 Å². The van der Waals surface area contributed by atoms with Crippen LogP contribution in [0.4, 0.5) is 0 Å². The summed E-state index contributed by atoms with van der Waals surface area (Å²) < 4.78 is 0. The first-order valence-electron chi connectivity index (χ1n) is 3.57. The van der Waals surface area contributed by atoms with E-state index in [4.69, 9.17) is 5.73 Å². The first-order chi connectivity index (χ1) is 4.22. The zero-order valence-corrected chi connectivity index (χ0v) is 6.65. The molecule has 0 atom stereocenters. The lowest BCUT2D eigenvalue weighted by Crippen LogP contribution is -2.03. The fourth-order valence-corrected chi connectivity index (χ4v) is 0.933. The molecule has 0 spiro atoms. The molecular weight excluding hydrogens is 110 g/mol. The van der Waals surface area contributed by atoms with Gasteiger partial charge in [-0.2, -0.15) is 0 Å². The van der Waals surface area contributed by atoms with Gasteiger partial charge in [-0.25, -0.2) is 0 Å². The third-order valence-electron chi connectivity index (χ3n) is 1.55. The van der Waals surface area contributed by atoms with Gasteiger partial charge in [0.25, 0.3) is 0 Å². The van der Waals surface area contributed by atoms with E-state index in [1.54, 1.807) is 0 Å². The monoisotopic (exact) mass is 127 g/mol. The van der Waals surface area contributed by atoms with E-state index in [1.165, 1.54) is 5.57 Å². The van der Waals surface area contributed by atoms with Crippen LogP contribution in [0, 0.1) is 5.92 Å². The number of allylic oxidation sites excluding steroid dienone is 1. The highest BCUT2D eigenvalue weighted by Crippen LogP contribution is 2.11. The Labute approximate surface area is 57.9 Å². The normalized spacial score (nSPS) is 12.8. The Kier molecular flexibility index (Phi) is 4.41. The Bertz CT molecular complexity index is 92.7. The van der Waals surface area contributed by atoms with Crippen LogP contribution >= 0.6 is 0 Å². The summed E-state index contributed by atoms with van der Waals surface area (Å²) in [6, 6.07) is 0. The van der Waals surface area contributed by atoms with Crippen LogP contribution in [0.1, 0.15) is 27.2 Å². The summed E-state index contributed by atoms with van der Waals surface area (Å²) in [6.45, 7) is 7.25. The average Bonchev–Trinajstić information content (AvgIpc) is 1.82. The highest BCUT2D eigenvalue weighted by molar-refractivity contribution is 5.02. The maximum atomic E-state index is 5.40. The smallest absolute Gasteiger partial charge is 0.00398 e. The SMILES string of the molecule is C/C=C(\CCN)C(C)C. The van der Waals surface area contributed by atoms with E-state index in [9.17, 15) is 0 Å². The minimum atomic E-state index is 0.665. The lowest BCUT2D eigenvalue weighted by atomic mass is 10.0. The standard InChI is InChI=1S/C8H17N/c1-4-8(5-6-9)7(2)3/h4,7H,5-6,9H2,1-3H3/b8-4+. The third-order valence-corrected chi connectivity index (χ3v) is 1.55. The predicted molar refractivity (Wildman–Crippen MR) is 42.3 cm³/mol. The summed E-state index contributed by atoms with van der Waals surface area (Å²) in [6.07, 6.45) is 3.21. The van der Waals surface area contributed by atoms with Gasteiger partial charge in [-0.1, -0.05) is 25.5 Å². The van der Waals surface area contributed by atoms with Crippen molar-refractivity contribution >= 4 is 0 Å². The fourth-order valence-electron chi connectivity index (χ4n) is 0.933. The first-order valence-corrected chi connectivity index (χ1v) is 3.57. The van der Waals surface area contributed by atoms with Gasteiger partial charge >= 0.3 is 0 Å². The molecule has 0 aromatic heterocycles. The van der Waals surface area contributed by atoms with Crippen LogP contribution in [-0.4, -0.2) is 6.54 Å². The van der Waals surface area contributed by atoms with Crippen LogP contribution in [0.5, 0.6) is 0 Å². The first kappa shape index (κ1) is 8.70. The van der Waals surface area contributed by atoms with Crippen molar-refractivity contribution < 1.29 is 0 Å². The second-order valence-electron chi connectivity index (χ2n) is 2.56. The summed E-state index contributed by atoms with van der Waals surface area (Å²) in [5, 5.41) is 0. The van der Waals surface area contributed by atoms with E-state index in [-0.39, 0.29) is 0 Å². The highest BCUT2D eigenvalue weighted by atomic mass is 14.5. The molecule has 1 nitrogen and oxygen atoms in total. The molecule has 0 bridgehead atoms. The van der Waals surface area contributed by atoms with E-state index in [0.29, 0.717) is 5.92 Å². The molecule has 9 heavy (non-hydrogen) atoms. The van der Waals surface area contributed by atoms with Gasteiger partial charge in [0.05, 0.1) is 0 Å². The van der Waals surface area contributed by atoms with Gasteiger partial charge in [0.15, 0.2) is 0 Å². The molecular formula is C8H17N. The molecule has 0 aromatic rings. The summed E-state index contributed by atoms with van der Waals surface area (Å²) in [4.78, 5) is 0. The molecule has 0 aliphatic rings. The lowest BCUT2D eigenvalue weighted by molar-refractivity contribution is 0.712. The Hall–Kier alpha value is -0.300. The summed E-state index contributed by atoms with van der Waals surface area (Å²) in [7, 11) is 0. The van der Waals surface area contributed by atoms with Gasteiger partial charge in [-0.3, -0.25) is 0 Å². The molecule has 0 aromatic carbocycles.